The second-order valence-corrected chi connectivity index (χ2v) is 5.83. The fourth-order valence-electron chi connectivity index (χ4n) is 2.75. The lowest BCUT2D eigenvalue weighted by Gasteiger charge is -2.38. The van der Waals surface area contributed by atoms with Gasteiger partial charge < -0.3 is 10.2 Å². The molecular formula is C17H27N3O. The SMILES string of the molecule is CCCNC(=O)[C@@H](C)N1CCN(c2cccc(C)c2)CC1. The van der Waals surface area contributed by atoms with Crippen LogP contribution in [0.5, 0.6) is 0 Å². The predicted octanol–water partition coefficient (Wildman–Crippen LogP) is 2.03. The predicted molar refractivity (Wildman–Crippen MR) is 87.7 cm³/mol. The number of nitrogens with one attached hydrogen (secondary N) is 1. The molecule has 1 N–H and O–H groups in total. The van der Waals surface area contributed by atoms with Gasteiger partial charge in [-0.3, -0.25) is 9.69 Å². The van der Waals surface area contributed by atoms with Crippen LogP contribution in [0.3, 0.4) is 0 Å². The van der Waals surface area contributed by atoms with E-state index in [1.165, 1.54) is 11.3 Å². The van der Waals surface area contributed by atoms with Gasteiger partial charge in [0.15, 0.2) is 0 Å². The van der Waals surface area contributed by atoms with Gasteiger partial charge in [-0.1, -0.05) is 19.1 Å². The number of piperazine rings is 1. The zero-order chi connectivity index (χ0) is 15.2. The van der Waals surface area contributed by atoms with Gasteiger partial charge in [0.1, 0.15) is 0 Å². The summed E-state index contributed by atoms with van der Waals surface area (Å²) in [6.07, 6.45) is 0.986. The van der Waals surface area contributed by atoms with Crippen LogP contribution >= 0.6 is 0 Å². The van der Waals surface area contributed by atoms with Crippen LogP contribution in [0.4, 0.5) is 5.69 Å². The largest absolute Gasteiger partial charge is 0.369 e. The fraction of sp³-hybridized carbons (Fsp3) is 0.588. The highest BCUT2D eigenvalue weighted by Gasteiger charge is 2.25. The molecule has 1 aromatic carbocycles. The number of carbonyl (C=O) groups is 1. The molecular weight excluding hydrogens is 262 g/mol. The van der Waals surface area contributed by atoms with Crippen molar-refractivity contribution in [1.29, 1.82) is 0 Å². The first-order valence-corrected chi connectivity index (χ1v) is 7.95. The monoisotopic (exact) mass is 289 g/mol. The van der Waals surface area contributed by atoms with Crippen molar-refractivity contribution >= 4 is 11.6 Å². The fourth-order valence-corrected chi connectivity index (χ4v) is 2.75. The maximum Gasteiger partial charge on any atom is 0.237 e. The molecule has 1 aromatic rings. The first kappa shape index (κ1) is 15.8. The van der Waals surface area contributed by atoms with Gasteiger partial charge in [-0.2, -0.15) is 0 Å². The highest BCUT2D eigenvalue weighted by atomic mass is 16.2. The number of amides is 1. The molecule has 0 aromatic heterocycles. The molecule has 1 fully saturated rings. The van der Waals surface area contributed by atoms with E-state index in [-0.39, 0.29) is 11.9 Å². The minimum atomic E-state index is -0.0313. The van der Waals surface area contributed by atoms with Crippen molar-refractivity contribution in [1.82, 2.24) is 10.2 Å². The summed E-state index contributed by atoms with van der Waals surface area (Å²) >= 11 is 0. The van der Waals surface area contributed by atoms with Crippen molar-refractivity contribution in [3.8, 4) is 0 Å². The Morgan fingerprint density at radius 2 is 2.00 bits per heavy atom. The summed E-state index contributed by atoms with van der Waals surface area (Å²) in [4.78, 5) is 16.7. The Morgan fingerprint density at radius 1 is 1.29 bits per heavy atom. The van der Waals surface area contributed by atoms with Crippen LogP contribution in [-0.2, 0) is 4.79 Å². The molecule has 1 amide bonds. The molecule has 21 heavy (non-hydrogen) atoms. The lowest BCUT2D eigenvalue weighted by atomic mass is 10.1. The summed E-state index contributed by atoms with van der Waals surface area (Å²) in [6, 6.07) is 8.60. The molecule has 0 spiro atoms. The summed E-state index contributed by atoms with van der Waals surface area (Å²) in [6.45, 7) is 10.8. The maximum absolute atomic E-state index is 12.0. The summed E-state index contributed by atoms with van der Waals surface area (Å²) in [5, 5.41) is 2.99. The van der Waals surface area contributed by atoms with Gasteiger partial charge >= 0.3 is 0 Å². The van der Waals surface area contributed by atoms with Crippen molar-refractivity contribution in [2.45, 2.75) is 33.2 Å². The molecule has 1 heterocycles. The third kappa shape index (κ3) is 4.21. The van der Waals surface area contributed by atoms with E-state index in [0.717, 1.165) is 39.1 Å². The smallest absolute Gasteiger partial charge is 0.237 e. The Morgan fingerprint density at radius 3 is 2.62 bits per heavy atom. The van der Waals surface area contributed by atoms with Gasteiger partial charge in [0.05, 0.1) is 6.04 Å². The maximum atomic E-state index is 12.0. The molecule has 0 radical (unpaired) electrons. The molecule has 1 atom stereocenters. The van der Waals surface area contributed by atoms with E-state index < -0.39 is 0 Å². The lowest BCUT2D eigenvalue weighted by Crippen LogP contribution is -2.54. The van der Waals surface area contributed by atoms with E-state index >= 15 is 0 Å². The van der Waals surface area contributed by atoms with E-state index in [1.807, 2.05) is 6.92 Å². The van der Waals surface area contributed by atoms with Gasteiger partial charge in [-0.25, -0.2) is 0 Å². The minimum absolute atomic E-state index is 0.0313. The average Bonchev–Trinajstić information content (AvgIpc) is 2.52. The Balaban J connectivity index is 1.86. The van der Waals surface area contributed by atoms with Crippen molar-refractivity contribution in [3.63, 3.8) is 0 Å². The van der Waals surface area contributed by atoms with Gasteiger partial charge in [0.25, 0.3) is 0 Å². The number of anilines is 1. The second-order valence-electron chi connectivity index (χ2n) is 5.83. The zero-order valence-corrected chi connectivity index (χ0v) is 13.4. The number of benzene rings is 1. The zero-order valence-electron chi connectivity index (χ0n) is 13.4. The molecule has 0 bridgehead atoms. The normalized spacial score (nSPS) is 17.6. The first-order chi connectivity index (χ1) is 10.1. The highest BCUT2D eigenvalue weighted by molar-refractivity contribution is 5.81. The standard InChI is InChI=1S/C17H27N3O/c1-4-8-18-17(21)15(3)19-9-11-20(12-10-19)16-7-5-6-14(2)13-16/h5-7,13,15H,4,8-12H2,1-3H3,(H,18,21)/t15-/m1/s1. The van der Waals surface area contributed by atoms with E-state index in [4.69, 9.17) is 0 Å². The van der Waals surface area contributed by atoms with Crippen LogP contribution in [0, 0.1) is 6.92 Å². The Hall–Kier alpha value is -1.55. The summed E-state index contributed by atoms with van der Waals surface area (Å²) in [5.74, 6) is 0.154. The quantitative estimate of drug-likeness (QED) is 0.901. The molecule has 0 saturated carbocycles. The van der Waals surface area contributed by atoms with Crippen LogP contribution in [-0.4, -0.2) is 49.6 Å². The number of aryl methyl sites for hydroxylation is 1. The lowest BCUT2D eigenvalue weighted by molar-refractivity contribution is -0.126. The first-order valence-electron chi connectivity index (χ1n) is 7.95. The molecule has 1 aliphatic heterocycles. The van der Waals surface area contributed by atoms with Gasteiger partial charge in [-0.05, 0) is 38.0 Å². The Bertz CT molecular complexity index is 467. The van der Waals surface area contributed by atoms with Crippen LogP contribution in [0.1, 0.15) is 25.8 Å². The van der Waals surface area contributed by atoms with Crippen molar-refractivity contribution in [3.05, 3.63) is 29.8 Å². The van der Waals surface area contributed by atoms with Gasteiger partial charge in [-0.15, -0.1) is 0 Å². The molecule has 116 valence electrons. The molecule has 4 nitrogen and oxygen atoms in total. The average molecular weight is 289 g/mol. The van der Waals surface area contributed by atoms with Crippen molar-refractivity contribution < 1.29 is 4.79 Å². The molecule has 1 saturated heterocycles. The highest BCUT2D eigenvalue weighted by Crippen LogP contribution is 2.18. The third-order valence-corrected chi connectivity index (χ3v) is 4.16. The molecule has 4 heteroatoms. The summed E-state index contributed by atoms with van der Waals surface area (Å²) in [7, 11) is 0. The van der Waals surface area contributed by atoms with Crippen LogP contribution in [0.15, 0.2) is 24.3 Å². The van der Waals surface area contributed by atoms with Gasteiger partial charge in [0, 0.05) is 38.4 Å². The number of hydrogen-bond acceptors (Lipinski definition) is 3. The summed E-state index contributed by atoms with van der Waals surface area (Å²) < 4.78 is 0. The van der Waals surface area contributed by atoms with Crippen molar-refractivity contribution in [2.75, 3.05) is 37.6 Å². The van der Waals surface area contributed by atoms with E-state index in [2.05, 4.69) is 53.2 Å². The van der Waals surface area contributed by atoms with Crippen LogP contribution in [0.25, 0.3) is 0 Å². The van der Waals surface area contributed by atoms with E-state index in [1.54, 1.807) is 0 Å². The molecule has 0 unspecified atom stereocenters. The van der Waals surface area contributed by atoms with Crippen LogP contribution in [0.2, 0.25) is 0 Å². The minimum Gasteiger partial charge on any atom is -0.369 e. The Labute approximate surface area is 128 Å². The Kier molecular flexibility index (Phi) is 5.62. The molecule has 2 rings (SSSR count). The second kappa shape index (κ2) is 7.46. The number of hydrogen-bond donors (Lipinski definition) is 1. The van der Waals surface area contributed by atoms with Gasteiger partial charge in [0.2, 0.25) is 5.91 Å². The number of nitrogens with zero attached hydrogens (tertiary/aromatic N) is 2. The van der Waals surface area contributed by atoms with Crippen LogP contribution < -0.4 is 10.2 Å². The number of carbonyl (C=O) groups excluding carboxylic acids is 1. The number of rotatable bonds is 5. The van der Waals surface area contributed by atoms with Crippen molar-refractivity contribution in [2.24, 2.45) is 0 Å². The molecule has 0 aliphatic carbocycles. The van der Waals surface area contributed by atoms with E-state index in [9.17, 15) is 4.79 Å². The molecule has 1 aliphatic rings. The summed E-state index contributed by atoms with van der Waals surface area (Å²) in [5.41, 5.74) is 2.58. The topological polar surface area (TPSA) is 35.6 Å². The third-order valence-electron chi connectivity index (χ3n) is 4.16. The van der Waals surface area contributed by atoms with E-state index in [0.29, 0.717) is 0 Å².